The van der Waals surface area contributed by atoms with Gasteiger partial charge in [-0.1, -0.05) is 23.4 Å². The first-order valence-corrected chi connectivity index (χ1v) is 12.2. The summed E-state index contributed by atoms with van der Waals surface area (Å²) >= 11 is 7.35. The van der Waals surface area contributed by atoms with Gasteiger partial charge in [-0.05, 0) is 56.2 Å². The van der Waals surface area contributed by atoms with Crippen LogP contribution in [-0.4, -0.2) is 45.8 Å². The van der Waals surface area contributed by atoms with Gasteiger partial charge in [0.15, 0.2) is 17.5 Å². The molecule has 34 heavy (non-hydrogen) atoms. The highest BCUT2D eigenvalue weighted by atomic mass is 35.5. The Kier molecular flexibility index (Phi) is 6.33. The number of rotatable bonds is 6. The van der Waals surface area contributed by atoms with Gasteiger partial charge in [0.25, 0.3) is 11.5 Å². The summed E-state index contributed by atoms with van der Waals surface area (Å²) in [5.74, 6) is 0.100. The molecule has 1 amide bonds. The van der Waals surface area contributed by atoms with E-state index in [2.05, 4.69) is 5.32 Å². The first kappa shape index (κ1) is 22.9. The van der Waals surface area contributed by atoms with Crippen molar-refractivity contribution >= 4 is 51.6 Å². The van der Waals surface area contributed by atoms with Gasteiger partial charge in [-0.25, -0.2) is 4.98 Å². The molecule has 1 aromatic heterocycles. The van der Waals surface area contributed by atoms with Crippen molar-refractivity contribution in [2.75, 3.05) is 18.5 Å². The van der Waals surface area contributed by atoms with Crippen LogP contribution in [0.15, 0.2) is 46.3 Å². The molecule has 1 fully saturated rings. The molecule has 1 saturated heterocycles. The molecule has 10 heteroatoms. The Balaban J connectivity index is 1.47. The zero-order chi connectivity index (χ0) is 23.8. The van der Waals surface area contributed by atoms with Gasteiger partial charge in [0.1, 0.15) is 5.75 Å². The van der Waals surface area contributed by atoms with Gasteiger partial charge in [0, 0.05) is 17.2 Å². The quantitative estimate of drug-likeness (QED) is 0.311. The van der Waals surface area contributed by atoms with Crippen LogP contribution in [0, 0.1) is 0 Å². The van der Waals surface area contributed by atoms with Crippen molar-refractivity contribution in [3.05, 3.63) is 57.3 Å². The van der Waals surface area contributed by atoms with Crippen LogP contribution in [-0.2, 0) is 16.1 Å². The molecule has 8 nitrogen and oxygen atoms in total. The number of nitrogens with one attached hydrogen (secondary N) is 1. The van der Waals surface area contributed by atoms with Crippen LogP contribution in [0.1, 0.15) is 30.1 Å². The summed E-state index contributed by atoms with van der Waals surface area (Å²) in [4.78, 5) is 42.9. The van der Waals surface area contributed by atoms with E-state index in [1.54, 1.807) is 47.9 Å². The van der Waals surface area contributed by atoms with Crippen molar-refractivity contribution in [3.63, 3.8) is 0 Å². The molecule has 0 radical (unpaired) electrons. The molecule has 0 aliphatic carbocycles. The Hall–Kier alpha value is -2.88. The van der Waals surface area contributed by atoms with E-state index in [9.17, 15) is 14.4 Å². The third kappa shape index (κ3) is 4.55. The second-order valence-electron chi connectivity index (χ2n) is 8.28. The van der Waals surface area contributed by atoms with Gasteiger partial charge >= 0.3 is 0 Å². The number of aromatic nitrogens is 2. The second kappa shape index (κ2) is 9.40. The van der Waals surface area contributed by atoms with Crippen molar-refractivity contribution in [3.8, 4) is 5.75 Å². The maximum atomic E-state index is 13.3. The van der Waals surface area contributed by atoms with E-state index >= 15 is 0 Å². The molecule has 3 heterocycles. The fourth-order valence-corrected chi connectivity index (χ4v) is 5.26. The van der Waals surface area contributed by atoms with Crippen molar-refractivity contribution in [1.82, 2.24) is 9.55 Å². The number of Topliss-reactive ketones (excluding diaryl/α,β-unsaturated/α-hetero) is 1. The highest BCUT2D eigenvalue weighted by molar-refractivity contribution is 8.00. The molecule has 0 bridgehead atoms. The Bertz CT molecular complexity index is 1350. The second-order valence-corrected chi connectivity index (χ2v) is 10.0. The van der Waals surface area contributed by atoms with Crippen LogP contribution < -0.4 is 15.6 Å². The fourth-order valence-electron chi connectivity index (χ4n) is 4.10. The number of hydrogen-bond acceptors (Lipinski definition) is 7. The number of ketones is 1. The summed E-state index contributed by atoms with van der Waals surface area (Å²) in [6.07, 6.45) is 1.75. The number of benzene rings is 2. The molecule has 2 atom stereocenters. The third-order valence-corrected chi connectivity index (χ3v) is 7.17. The molecule has 0 spiro atoms. The number of fused-ring (bicyclic) bond motifs is 2. The number of nitrogens with zero attached hydrogens (tertiary/aromatic N) is 2. The highest BCUT2D eigenvalue weighted by Gasteiger charge is 2.25. The molecule has 2 aromatic carbocycles. The third-order valence-electron chi connectivity index (χ3n) is 5.84. The SMILES string of the molecule is C[C@@H](Sc1nc2cc(Cl)ccc2c(=O)n1C[C@H]1CCCO1)C(=O)c1ccc2c(c1)NC(=O)CO2. The van der Waals surface area contributed by atoms with Crippen molar-refractivity contribution in [2.24, 2.45) is 0 Å². The standard InChI is InChI=1S/C24H22ClN3O5S/c1-13(22(30)14-4-7-20-19(9-14)26-21(29)12-33-20)34-24-27-18-10-15(25)5-6-17(18)23(31)28(24)11-16-3-2-8-32-16/h4-7,9-10,13,16H,2-3,8,11-12H2,1H3,(H,26,29)/t13-,16-/m1/s1. The van der Waals surface area contributed by atoms with E-state index in [0.717, 1.165) is 12.8 Å². The molecule has 3 aromatic rings. The number of carbonyl (C=O) groups is 2. The average Bonchev–Trinajstić information content (AvgIpc) is 3.33. The predicted octanol–water partition coefficient (Wildman–Crippen LogP) is 3.92. The molecular weight excluding hydrogens is 478 g/mol. The highest BCUT2D eigenvalue weighted by Crippen LogP contribution is 2.31. The number of halogens is 1. The Morgan fingerprint density at radius 1 is 1.29 bits per heavy atom. The average molecular weight is 500 g/mol. The van der Waals surface area contributed by atoms with Crippen LogP contribution in [0.2, 0.25) is 5.02 Å². The van der Waals surface area contributed by atoms with Gasteiger partial charge < -0.3 is 14.8 Å². The van der Waals surface area contributed by atoms with E-state index in [4.69, 9.17) is 26.1 Å². The summed E-state index contributed by atoms with van der Waals surface area (Å²) in [5, 5.41) is 3.56. The lowest BCUT2D eigenvalue weighted by molar-refractivity contribution is -0.118. The maximum Gasteiger partial charge on any atom is 0.262 e. The number of carbonyl (C=O) groups excluding carboxylic acids is 2. The zero-order valence-electron chi connectivity index (χ0n) is 18.4. The number of amides is 1. The van der Waals surface area contributed by atoms with Crippen LogP contribution >= 0.6 is 23.4 Å². The molecule has 176 valence electrons. The fraction of sp³-hybridized carbons (Fsp3) is 0.333. The van der Waals surface area contributed by atoms with E-state index in [-0.39, 0.29) is 30.0 Å². The molecule has 0 unspecified atom stereocenters. The first-order chi connectivity index (χ1) is 16.4. The monoisotopic (exact) mass is 499 g/mol. The summed E-state index contributed by atoms with van der Waals surface area (Å²) in [5.41, 5.74) is 1.19. The molecule has 1 N–H and O–H groups in total. The zero-order valence-corrected chi connectivity index (χ0v) is 19.9. The van der Waals surface area contributed by atoms with Gasteiger partial charge in [-0.15, -0.1) is 0 Å². The summed E-state index contributed by atoms with van der Waals surface area (Å²) in [6.45, 7) is 2.76. The topological polar surface area (TPSA) is 99.5 Å². The largest absolute Gasteiger partial charge is 0.482 e. The molecule has 2 aliphatic heterocycles. The summed E-state index contributed by atoms with van der Waals surface area (Å²) < 4.78 is 12.7. The van der Waals surface area contributed by atoms with Crippen molar-refractivity contribution in [1.29, 1.82) is 0 Å². The van der Waals surface area contributed by atoms with Crippen LogP contribution in [0.5, 0.6) is 5.75 Å². The molecule has 0 saturated carbocycles. The van der Waals surface area contributed by atoms with Gasteiger partial charge in [-0.3, -0.25) is 19.0 Å². The van der Waals surface area contributed by atoms with E-state index < -0.39 is 5.25 Å². The predicted molar refractivity (Wildman–Crippen MR) is 130 cm³/mol. The lowest BCUT2D eigenvalue weighted by Crippen LogP contribution is -2.29. The molecule has 5 rings (SSSR count). The summed E-state index contributed by atoms with van der Waals surface area (Å²) in [6, 6.07) is 9.94. The lowest BCUT2D eigenvalue weighted by Gasteiger charge is -2.20. The normalized spacial score (nSPS) is 18.3. The van der Waals surface area contributed by atoms with Crippen LogP contribution in [0.4, 0.5) is 5.69 Å². The van der Waals surface area contributed by atoms with E-state index in [1.807, 2.05) is 0 Å². The maximum absolute atomic E-state index is 13.3. The Morgan fingerprint density at radius 2 is 2.15 bits per heavy atom. The van der Waals surface area contributed by atoms with Gasteiger partial charge in [-0.2, -0.15) is 0 Å². The van der Waals surface area contributed by atoms with Gasteiger partial charge in [0.2, 0.25) is 0 Å². The van der Waals surface area contributed by atoms with E-state index in [0.29, 0.717) is 51.2 Å². The smallest absolute Gasteiger partial charge is 0.262 e. The molecular formula is C24H22ClN3O5S. The Morgan fingerprint density at radius 3 is 2.94 bits per heavy atom. The minimum absolute atomic E-state index is 0.0492. The minimum atomic E-state index is -0.544. The number of ether oxygens (including phenoxy) is 2. The van der Waals surface area contributed by atoms with E-state index in [1.165, 1.54) is 11.8 Å². The number of anilines is 1. The lowest BCUT2D eigenvalue weighted by atomic mass is 10.1. The number of hydrogen-bond donors (Lipinski definition) is 1. The van der Waals surface area contributed by atoms with Crippen molar-refractivity contribution in [2.45, 2.75) is 42.8 Å². The molecule has 2 aliphatic rings. The van der Waals surface area contributed by atoms with Crippen molar-refractivity contribution < 1.29 is 19.1 Å². The van der Waals surface area contributed by atoms with Crippen LogP contribution in [0.3, 0.4) is 0 Å². The number of thioether (sulfide) groups is 1. The van der Waals surface area contributed by atoms with Crippen LogP contribution in [0.25, 0.3) is 10.9 Å². The minimum Gasteiger partial charge on any atom is -0.482 e. The van der Waals surface area contributed by atoms with Gasteiger partial charge in [0.05, 0.1) is 34.5 Å². The first-order valence-electron chi connectivity index (χ1n) is 11.0. The Labute approximate surface area is 204 Å². The summed E-state index contributed by atoms with van der Waals surface area (Å²) in [7, 11) is 0.